The Bertz CT molecular complexity index is 619. The van der Waals surface area contributed by atoms with Gasteiger partial charge in [0.25, 0.3) is 0 Å². The van der Waals surface area contributed by atoms with E-state index >= 15 is 0 Å². The van der Waals surface area contributed by atoms with Crippen LogP contribution in [0.2, 0.25) is 0 Å². The maximum absolute atomic E-state index is 12.0. The summed E-state index contributed by atoms with van der Waals surface area (Å²) in [5.74, 6) is 0.343. The third-order valence-electron chi connectivity index (χ3n) is 3.97. The molecule has 1 aliphatic rings. The molecule has 23 heavy (non-hydrogen) atoms. The van der Waals surface area contributed by atoms with Gasteiger partial charge in [0.1, 0.15) is 10.1 Å². The van der Waals surface area contributed by atoms with E-state index in [1.807, 2.05) is 12.1 Å². The second-order valence-corrected chi connectivity index (χ2v) is 10.0. The molecule has 1 fully saturated rings. The summed E-state index contributed by atoms with van der Waals surface area (Å²) in [7, 11) is 0. The van der Waals surface area contributed by atoms with E-state index in [2.05, 4.69) is 46.9 Å². The van der Waals surface area contributed by atoms with Gasteiger partial charge in [0.05, 0.1) is 5.25 Å². The molecule has 1 aromatic carbocycles. The summed E-state index contributed by atoms with van der Waals surface area (Å²) < 4.78 is 0.547. The average Bonchev–Trinajstić information content (AvgIpc) is 2.67. The summed E-state index contributed by atoms with van der Waals surface area (Å²) in [6.07, 6.45) is 0.614. The highest BCUT2D eigenvalue weighted by Crippen LogP contribution is 2.40. The van der Waals surface area contributed by atoms with Crippen molar-refractivity contribution in [2.45, 2.75) is 64.0 Å². The molecule has 1 saturated heterocycles. The van der Waals surface area contributed by atoms with Crippen LogP contribution in [-0.2, 0) is 22.0 Å². The predicted molar refractivity (Wildman–Crippen MR) is 101 cm³/mol. The number of phenolic OH excluding ortho intramolecular Hbond substituents is 1. The van der Waals surface area contributed by atoms with Gasteiger partial charge in [0.15, 0.2) is 0 Å². The molecule has 0 saturated carbocycles. The molecular formula is C18H25NO2S2. The van der Waals surface area contributed by atoms with Crippen molar-refractivity contribution in [2.75, 3.05) is 0 Å². The Morgan fingerprint density at radius 1 is 1.13 bits per heavy atom. The number of thioether (sulfide) groups is 1. The first-order valence-corrected chi connectivity index (χ1v) is 9.06. The highest BCUT2D eigenvalue weighted by atomic mass is 32.2. The van der Waals surface area contributed by atoms with Crippen molar-refractivity contribution in [1.82, 2.24) is 5.32 Å². The first-order chi connectivity index (χ1) is 10.4. The van der Waals surface area contributed by atoms with Crippen molar-refractivity contribution >= 4 is 34.2 Å². The van der Waals surface area contributed by atoms with Crippen molar-refractivity contribution < 1.29 is 9.90 Å². The van der Waals surface area contributed by atoms with E-state index in [1.54, 1.807) is 0 Å². The summed E-state index contributed by atoms with van der Waals surface area (Å²) in [5, 5.41) is 13.2. The summed E-state index contributed by atoms with van der Waals surface area (Å²) in [5.41, 5.74) is 2.58. The van der Waals surface area contributed by atoms with Crippen molar-refractivity contribution in [2.24, 2.45) is 0 Å². The lowest BCUT2D eigenvalue weighted by Gasteiger charge is -2.28. The number of nitrogens with one attached hydrogen (secondary N) is 1. The van der Waals surface area contributed by atoms with Crippen molar-refractivity contribution in [3.8, 4) is 5.75 Å². The minimum atomic E-state index is -0.187. The van der Waals surface area contributed by atoms with Crippen molar-refractivity contribution in [3.05, 3.63) is 28.8 Å². The molecule has 3 nitrogen and oxygen atoms in total. The fraction of sp³-hybridized carbons (Fsp3) is 0.556. The monoisotopic (exact) mass is 351 g/mol. The van der Waals surface area contributed by atoms with Gasteiger partial charge in [-0.05, 0) is 33.9 Å². The molecule has 5 heteroatoms. The number of rotatable bonds is 2. The predicted octanol–water partition coefficient (Wildman–Crippen LogP) is 4.05. The Kier molecular flexibility index (Phi) is 4.84. The fourth-order valence-corrected chi connectivity index (χ4v) is 4.01. The van der Waals surface area contributed by atoms with E-state index in [0.29, 0.717) is 16.5 Å². The standard InChI is InChI=1S/C18H25NO2S2/c1-17(2,3)11-7-10(8-12(14(11)20)18(4,5)6)9-13-15(21)19-16(22)23-13/h7-8,13,20H,9H2,1-6H3,(H,19,21,22). The van der Waals surface area contributed by atoms with Crippen LogP contribution in [0.15, 0.2) is 12.1 Å². The molecule has 2 rings (SSSR count). The van der Waals surface area contributed by atoms with Crippen LogP contribution in [0, 0.1) is 0 Å². The van der Waals surface area contributed by atoms with Crippen LogP contribution in [0.3, 0.4) is 0 Å². The van der Waals surface area contributed by atoms with Crippen LogP contribution in [-0.4, -0.2) is 20.6 Å². The average molecular weight is 352 g/mol. The molecule has 1 aromatic rings. The lowest BCUT2D eigenvalue weighted by atomic mass is 9.78. The number of carbonyl (C=O) groups is 1. The Balaban J connectivity index is 2.48. The second kappa shape index (κ2) is 6.10. The summed E-state index contributed by atoms with van der Waals surface area (Å²) in [6, 6.07) is 4.06. The van der Waals surface area contributed by atoms with Gasteiger partial charge in [-0.3, -0.25) is 4.79 Å². The smallest absolute Gasteiger partial charge is 0.239 e. The Morgan fingerprint density at radius 2 is 1.61 bits per heavy atom. The zero-order valence-electron chi connectivity index (χ0n) is 14.6. The van der Waals surface area contributed by atoms with E-state index in [9.17, 15) is 9.90 Å². The number of aromatic hydroxyl groups is 1. The molecule has 0 spiro atoms. The van der Waals surface area contributed by atoms with Gasteiger partial charge in [-0.15, -0.1) is 0 Å². The zero-order chi connectivity index (χ0) is 17.6. The molecule has 1 amide bonds. The number of hydrogen-bond acceptors (Lipinski definition) is 4. The van der Waals surface area contributed by atoms with Crippen molar-refractivity contribution in [1.29, 1.82) is 0 Å². The Labute approximate surface area is 148 Å². The van der Waals surface area contributed by atoms with E-state index in [4.69, 9.17) is 12.2 Å². The molecule has 0 bridgehead atoms. The van der Waals surface area contributed by atoms with Gasteiger partial charge in [-0.25, -0.2) is 0 Å². The normalized spacial score (nSPS) is 19.1. The quantitative estimate of drug-likeness (QED) is 0.789. The van der Waals surface area contributed by atoms with Crippen LogP contribution in [0.25, 0.3) is 0 Å². The minimum absolute atomic E-state index is 0.0253. The molecular weight excluding hydrogens is 326 g/mol. The van der Waals surface area contributed by atoms with Crippen molar-refractivity contribution in [3.63, 3.8) is 0 Å². The van der Waals surface area contributed by atoms with Gasteiger partial charge in [-0.1, -0.05) is 77.7 Å². The molecule has 126 valence electrons. The van der Waals surface area contributed by atoms with E-state index in [0.717, 1.165) is 16.7 Å². The number of hydrogen-bond donors (Lipinski definition) is 2. The maximum atomic E-state index is 12.0. The van der Waals surface area contributed by atoms with Crippen LogP contribution >= 0.6 is 24.0 Å². The van der Waals surface area contributed by atoms with Gasteiger partial charge < -0.3 is 10.4 Å². The molecule has 0 aliphatic carbocycles. The molecule has 0 aromatic heterocycles. The van der Waals surface area contributed by atoms with Crippen LogP contribution < -0.4 is 5.32 Å². The number of thiocarbonyl (C=S) groups is 1. The third-order valence-corrected chi connectivity index (χ3v) is 5.35. The van der Waals surface area contributed by atoms with Gasteiger partial charge in [-0.2, -0.15) is 0 Å². The zero-order valence-corrected chi connectivity index (χ0v) is 16.2. The third kappa shape index (κ3) is 4.07. The maximum Gasteiger partial charge on any atom is 0.239 e. The van der Waals surface area contributed by atoms with Crippen LogP contribution in [0.4, 0.5) is 0 Å². The summed E-state index contributed by atoms with van der Waals surface area (Å²) >= 11 is 6.48. The molecule has 1 heterocycles. The van der Waals surface area contributed by atoms with E-state index in [-0.39, 0.29) is 22.0 Å². The lowest BCUT2D eigenvalue weighted by Crippen LogP contribution is -2.26. The largest absolute Gasteiger partial charge is 0.507 e. The molecule has 1 aliphatic heterocycles. The first kappa shape index (κ1) is 18.3. The van der Waals surface area contributed by atoms with Gasteiger partial charge in [0, 0.05) is 0 Å². The number of amides is 1. The van der Waals surface area contributed by atoms with E-state index in [1.165, 1.54) is 11.8 Å². The van der Waals surface area contributed by atoms with Crippen LogP contribution in [0.1, 0.15) is 58.2 Å². The minimum Gasteiger partial charge on any atom is -0.507 e. The topological polar surface area (TPSA) is 49.3 Å². The number of carbonyl (C=O) groups excluding carboxylic acids is 1. The summed E-state index contributed by atoms with van der Waals surface area (Å²) in [4.78, 5) is 12.0. The van der Waals surface area contributed by atoms with Crippen LogP contribution in [0.5, 0.6) is 5.75 Å². The lowest BCUT2D eigenvalue weighted by molar-refractivity contribution is -0.118. The van der Waals surface area contributed by atoms with E-state index < -0.39 is 0 Å². The first-order valence-electron chi connectivity index (χ1n) is 7.78. The molecule has 1 unspecified atom stereocenters. The highest BCUT2D eigenvalue weighted by molar-refractivity contribution is 8.24. The molecule has 2 N–H and O–H groups in total. The highest BCUT2D eigenvalue weighted by Gasteiger charge is 2.31. The molecule has 0 radical (unpaired) electrons. The SMILES string of the molecule is CC(C)(C)c1cc(CC2SC(=S)NC2=O)cc(C(C)(C)C)c1O. The van der Waals surface area contributed by atoms with Gasteiger partial charge >= 0.3 is 0 Å². The summed E-state index contributed by atoms with van der Waals surface area (Å²) in [6.45, 7) is 12.5. The fourth-order valence-electron chi connectivity index (χ4n) is 2.70. The van der Waals surface area contributed by atoms with Gasteiger partial charge in [0.2, 0.25) is 5.91 Å². The number of benzene rings is 1. The Morgan fingerprint density at radius 3 is 1.96 bits per heavy atom. The Hall–Kier alpha value is -1.07. The second-order valence-electron chi connectivity index (χ2n) is 8.13. The molecule has 1 atom stereocenters. The number of phenols is 1.